The van der Waals surface area contributed by atoms with Gasteiger partial charge in [0, 0.05) is 42.7 Å². The fraction of sp³-hybridized carbons (Fsp3) is 0.412. The minimum absolute atomic E-state index is 0.0626. The molecule has 0 radical (unpaired) electrons. The molecule has 3 heterocycles. The van der Waals surface area contributed by atoms with E-state index >= 15 is 0 Å². The maximum Gasteiger partial charge on any atom is 0.228 e. The van der Waals surface area contributed by atoms with Gasteiger partial charge < -0.3 is 10.6 Å². The molecule has 2 aromatic heterocycles. The van der Waals surface area contributed by atoms with Gasteiger partial charge in [0.05, 0.1) is 17.1 Å². The Balaban J connectivity index is 1.53. The second kappa shape index (κ2) is 7.53. The largest absolute Gasteiger partial charge is 0.369 e. The second-order valence-corrected chi connectivity index (χ2v) is 6.91. The van der Waals surface area contributed by atoms with Gasteiger partial charge in [0.2, 0.25) is 11.8 Å². The molecule has 2 N–H and O–H groups in total. The Labute approximate surface area is 144 Å². The highest BCUT2D eigenvalue weighted by Gasteiger charge is 2.26. The van der Waals surface area contributed by atoms with Crippen LogP contribution in [0.1, 0.15) is 29.2 Å². The number of hydrogen-bond acceptors (Lipinski definition) is 5. The number of carbonyl (C=O) groups is 2. The lowest BCUT2D eigenvalue weighted by atomic mass is 9.96. The van der Waals surface area contributed by atoms with E-state index in [9.17, 15) is 9.59 Å². The van der Waals surface area contributed by atoms with Crippen molar-refractivity contribution in [3.63, 3.8) is 0 Å². The molecule has 1 aliphatic rings. The molecule has 126 valence electrons. The van der Waals surface area contributed by atoms with Crippen molar-refractivity contribution in [1.29, 1.82) is 0 Å². The Morgan fingerprint density at radius 3 is 2.71 bits per heavy atom. The van der Waals surface area contributed by atoms with Crippen molar-refractivity contribution >= 4 is 23.2 Å². The van der Waals surface area contributed by atoms with Crippen molar-refractivity contribution in [2.45, 2.75) is 25.7 Å². The molecule has 24 heavy (non-hydrogen) atoms. The van der Waals surface area contributed by atoms with Crippen LogP contribution in [0.4, 0.5) is 0 Å². The quantitative estimate of drug-likeness (QED) is 0.888. The van der Waals surface area contributed by atoms with E-state index in [1.54, 1.807) is 22.4 Å². The van der Waals surface area contributed by atoms with Crippen molar-refractivity contribution in [3.05, 3.63) is 46.2 Å². The number of amides is 2. The lowest BCUT2D eigenvalue weighted by molar-refractivity contribution is -0.134. The molecule has 0 unspecified atom stereocenters. The van der Waals surface area contributed by atoms with E-state index in [2.05, 4.69) is 9.97 Å². The van der Waals surface area contributed by atoms with Gasteiger partial charge >= 0.3 is 0 Å². The highest BCUT2D eigenvalue weighted by molar-refractivity contribution is 7.09. The molecule has 0 aromatic carbocycles. The number of likely N-dealkylation sites (tertiary alicyclic amines) is 1. The molecule has 2 aromatic rings. The maximum absolute atomic E-state index is 12.4. The minimum atomic E-state index is -0.263. The van der Waals surface area contributed by atoms with Crippen LogP contribution in [0.15, 0.2) is 29.8 Å². The highest BCUT2D eigenvalue weighted by Crippen LogP contribution is 2.19. The Bertz CT molecular complexity index is 708. The summed E-state index contributed by atoms with van der Waals surface area (Å²) in [6.45, 7) is 1.19. The number of carbonyl (C=O) groups excluding carboxylic acids is 2. The van der Waals surface area contributed by atoms with Gasteiger partial charge in [-0.1, -0.05) is 6.07 Å². The van der Waals surface area contributed by atoms with Crippen LogP contribution < -0.4 is 5.73 Å². The van der Waals surface area contributed by atoms with Crippen molar-refractivity contribution in [3.8, 4) is 0 Å². The number of aromatic nitrogens is 2. The number of nitrogens with two attached hydrogens (primary N) is 1. The zero-order valence-electron chi connectivity index (χ0n) is 13.4. The number of hydrogen-bond donors (Lipinski definition) is 1. The first kappa shape index (κ1) is 16.6. The minimum Gasteiger partial charge on any atom is -0.369 e. The van der Waals surface area contributed by atoms with Gasteiger partial charge in [-0.25, -0.2) is 4.98 Å². The van der Waals surface area contributed by atoms with E-state index in [1.165, 1.54) is 0 Å². The first-order valence-electron chi connectivity index (χ1n) is 8.02. The maximum atomic E-state index is 12.4. The van der Waals surface area contributed by atoms with E-state index in [0.717, 1.165) is 16.4 Å². The van der Waals surface area contributed by atoms with Crippen LogP contribution >= 0.6 is 11.3 Å². The van der Waals surface area contributed by atoms with E-state index in [-0.39, 0.29) is 17.7 Å². The molecule has 2 amide bonds. The summed E-state index contributed by atoms with van der Waals surface area (Å²) in [5, 5.41) is 2.90. The normalized spacial score (nSPS) is 15.4. The topological polar surface area (TPSA) is 89.2 Å². The summed E-state index contributed by atoms with van der Waals surface area (Å²) in [7, 11) is 0. The van der Waals surface area contributed by atoms with Crippen LogP contribution in [0, 0.1) is 5.92 Å². The summed E-state index contributed by atoms with van der Waals surface area (Å²) in [5.74, 6) is -0.299. The third-order valence-electron chi connectivity index (χ3n) is 4.24. The SMILES string of the molecule is NC(=O)C1CCN(C(=O)Cc2csc(Cc3ccccn3)n2)CC1. The van der Waals surface area contributed by atoms with Gasteiger partial charge in [-0.15, -0.1) is 11.3 Å². The molecule has 0 atom stereocenters. The fourth-order valence-electron chi connectivity index (χ4n) is 2.85. The molecule has 0 aliphatic carbocycles. The first-order chi connectivity index (χ1) is 11.6. The van der Waals surface area contributed by atoms with E-state index in [4.69, 9.17) is 5.73 Å². The molecule has 1 aliphatic heterocycles. The Morgan fingerprint density at radius 1 is 1.25 bits per heavy atom. The number of thiazole rings is 1. The second-order valence-electron chi connectivity index (χ2n) is 5.96. The van der Waals surface area contributed by atoms with Gasteiger partial charge in [0.25, 0.3) is 0 Å². The molecule has 7 heteroatoms. The van der Waals surface area contributed by atoms with Gasteiger partial charge in [0.15, 0.2) is 0 Å². The lowest BCUT2D eigenvalue weighted by Gasteiger charge is -2.30. The molecule has 0 spiro atoms. The van der Waals surface area contributed by atoms with Crippen molar-refractivity contribution in [2.24, 2.45) is 11.7 Å². The van der Waals surface area contributed by atoms with Crippen LogP contribution in [-0.4, -0.2) is 39.8 Å². The Kier molecular flexibility index (Phi) is 5.20. The smallest absolute Gasteiger partial charge is 0.228 e. The fourth-order valence-corrected chi connectivity index (χ4v) is 3.66. The molecular formula is C17H20N4O2S. The predicted octanol–water partition coefficient (Wildman–Crippen LogP) is 1.40. The van der Waals surface area contributed by atoms with Crippen molar-refractivity contribution in [2.75, 3.05) is 13.1 Å². The molecule has 6 nitrogen and oxygen atoms in total. The molecular weight excluding hydrogens is 324 g/mol. The third kappa shape index (κ3) is 4.17. The summed E-state index contributed by atoms with van der Waals surface area (Å²) < 4.78 is 0. The zero-order chi connectivity index (χ0) is 16.9. The van der Waals surface area contributed by atoms with Crippen LogP contribution in [0.2, 0.25) is 0 Å². The van der Waals surface area contributed by atoms with Gasteiger partial charge in [0.1, 0.15) is 0 Å². The zero-order valence-corrected chi connectivity index (χ0v) is 14.2. The number of nitrogens with zero attached hydrogens (tertiary/aromatic N) is 3. The van der Waals surface area contributed by atoms with E-state index in [0.29, 0.717) is 38.8 Å². The average molecular weight is 344 g/mol. The highest BCUT2D eigenvalue weighted by atomic mass is 32.1. The van der Waals surface area contributed by atoms with E-state index < -0.39 is 0 Å². The van der Waals surface area contributed by atoms with Gasteiger partial charge in [-0.3, -0.25) is 14.6 Å². The van der Waals surface area contributed by atoms with Crippen molar-refractivity contribution in [1.82, 2.24) is 14.9 Å². The Hall–Kier alpha value is -2.28. The van der Waals surface area contributed by atoms with Crippen LogP contribution in [0.25, 0.3) is 0 Å². The summed E-state index contributed by atoms with van der Waals surface area (Å²) in [6, 6.07) is 5.81. The Morgan fingerprint density at radius 2 is 2.04 bits per heavy atom. The summed E-state index contributed by atoms with van der Waals surface area (Å²) in [5.41, 5.74) is 7.09. The summed E-state index contributed by atoms with van der Waals surface area (Å²) in [4.78, 5) is 34.2. The average Bonchev–Trinajstić information content (AvgIpc) is 3.02. The first-order valence-corrected chi connectivity index (χ1v) is 8.90. The van der Waals surface area contributed by atoms with Crippen LogP contribution in [-0.2, 0) is 22.4 Å². The molecule has 3 rings (SSSR count). The number of piperidine rings is 1. The predicted molar refractivity (Wildman–Crippen MR) is 91.4 cm³/mol. The number of primary amides is 1. The standard InChI is InChI=1S/C17H20N4O2S/c18-17(23)12-4-7-21(8-5-12)16(22)10-14-11-24-15(20-14)9-13-3-1-2-6-19-13/h1-3,6,11-12H,4-5,7-10H2,(H2,18,23). The molecule has 1 fully saturated rings. The number of rotatable bonds is 5. The van der Waals surface area contributed by atoms with Crippen molar-refractivity contribution < 1.29 is 9.59 Å². The molecule has 1 saturated heterocycles. The lowest BCUT2D eigenvalue weighted by Crippen LogP contribution is -2.42. The van der Waals surface area contributed by atoms with E-state index in [1.807, 2.05) is 23.6 Å². The van der Waals surface area contributed by atoms with Crippen LogP contribution in [0.5, 0.6) is 0 Å². The summed E-state index contributed by atoms with van der Waals surface area (Å²) >= 11 is 1.55. The molecule has 0 saturated carbocycles. The third-order valence-corrected chi connectivity index (χ3v) is 5.14. The van der Waals surface area contributed by atoms with Gasteiger partial charge in [-0.05, 0) is 25.0 Å². The molecule has 0 bridgehead atoms. The van der Waals surface area contributed by atoms with Gasteiger partial charge in [-0.2, -0.15) is 0 Å². The number of pyridine rings is 1. The monoisotopic (exact) mass is 344 g/mol. The summed E-state index contributed by atoms with van der Waals surface area (Å²) in [6.07, 6.45) is 4.07. The van der Waals surface area contributed by atoms with Crippen LogP contribution in [0.3, 0.4) is 0 Å².